The van der Waals surface area contributed by atoms with Crippen molar-refractivity contribution in [3.63, 3.8) is 0 Å². The topological polar surface area (TPSA) is 47.7 Å². The van der Waals surface area contributed by atoms with Crippen LogP contribution >= 0.6 is 0 Å². The van der Waals surface area contributed by atoms with Crippen LogP contribution in [0.2, 0.25) is 0 Å². The van der Waals surface area contributed by atoms with Gasteiger partial charge in [-0.05, 0) is 31.3 Å². The Hall–Kier alpha value is -0.160. The zero-order chi connectivity index (χ0) is 11.8. The molecule has 2 N–H and O–H groups in total. The summed E-state index contributed by atoms with van der Waals surface area (Å²) in [7, 11) is 1.70. The Morgan fingerprint density at radius 1 is 1.31 bits per heavy atom. The molecule has 0 bridgehead atoms. The summed E-state index contributed by atoms with van der Waals surface area (Å²) in [4.78, 5) is 2.48. The standard InChI is InChI=1S/C12H26N2O2/c1-11-10-14(4-3-12(11)9-13)5-6-16-8-7-15-2/h11-12H,3-10,13H2,1-2H3. The van der Waals surface area contributed by atoms with Gasteiger partial charge in [0.25, 0.3) is 0 Å². The Kier molecular flexibility index (Phi) is 6.96. The molecule has 0 amide bonds. The zero-order valence-electron chi connectivity index (χ0n) is 10.7. The minimum atomic E-state index is 0.686. The predicted octanol–water partition coefficient (Wildman–Crippen LogP) is 0.566. The molecule has 2 unspecified atom stereocenters. The van der Waals surface area contributed by atoms with Crippen molar-refractivity contribution in [2.75, 3.05) is 53.1 Å². The summed E-state index contributed by atoms with van der Waals surface area (Å²) in [6.45, 7) is 8.69. The third kappa shape index (κ3) is 4.78. The highest BCUT2D eigenvalue weighted by atomic mass is 16.5. The third-order valence-corrected chi connectivity index (χ3v) is 3.45. The molecule has 1 rings (SSSR count). The molecule has 0 aromatic heterocycles. The van der Waals surface area contributed by atoms with Crippen molar-refractivity contribution in [3.8, 4) is 0 Å². The molecule has 2 atom stereocenters. The molecular formula is C12H26N2O2. The number of nitrogens with two attached hydrogens (primary N) is 1. The molecule has 0 aromatic carbocycles. The number of hydrogen-bond donors (Lipinski definition) is 1. The van der Waals surface area contributed by atoms with Gasteiger partial charge in [-0.1, -0.05) is 6.92 Å². The molecule has 1 saturated heterocycles. The number of hydrogen-bond acceptors (Lipinski definition) is 4. The average molecular weight is 230 g/mol. The first-order chi connectivity index (χ1) is 7.77. The quantitative estimate of drug-likeness (QED) is 0.649. The monoisotopic (exact) mass is 230 g/mol. The van der Waals surface area contributed by atoms with Crippen LogP contribution in [0.15, 0.2) is 0 Å². The van der Waals surface area contributed by atoms with Gasteiger partial charge in [0.05, 0.1) is 19.8 Å². The number of ether oxygens (including phenoxy) is 2. The number of piperidine rings is 1. The SMILES string of the molecule is COCCOCCN1CCC(CN)C(C)C1. The van der Waals surface area contributed by atoms with Gasteiger partial charge in [-0.3, -0.25) is 0 Å². The van der Waals surface area contributed by atoms with E-state index in [1.54, 1.807) is 7.11 Å². The highest BCUT2D eigenvalue weighted by Gasteiger charge is 2.24. The van der Waals surface area contributed by atoms with E-state index in [9.17, 15) is 0 Å². The molecular weight excluding hydrogens is 204 g/mol. The summed E-state index contributed by atoms with van der Waals surface area (Å²) in [5, 5.41) is 0. The fraction of sp³-hybridized carbons (Fsp3) is 1.00. The van der Waals surface area contributed by atoms with E-state index < -0.39 is 0 Å². The maximum absolute atomic E-state index is 5.74. The van der Waals surface area contributed by atoms with Gasteiger partial charge < -0.3 is 20.1 Å². The lowest BCUT2D eigenvalue weighted by atomic mass is 9.87. The highest BCUT2D eigenvalue weighted by Crippen LogP contribution is 2.21. The Morgan fingerprint density at radius 2 is 2.12 bits per heavy atom. The third-order valence-electron chi connectivity index (χ3n) is 3.45. The number of likely N-dealkylation sites (tertiary alicyclic amines) is 1. The van der Waals surface area contributed by atoms with Crippen LogP contribution in [-0.4, -0.2) is 58.0 Å². The van der Waals surface area contributed by atoms with Gasteiger partial charge in [-0.15, -0.1) is 0 Å². The van der Waals surface area contributed by atoms with Crippen molar-refractivity contribution in [2.24, 2.45) is 17.6 Å². The highest BCUT2D eigenvalue weighted by molar-refractivity contribution is 4.78. The van der Waals surface area contributed by atoms with Gasteiger partial charge in [-0.2, -0.15) is 0 Å². The van der Waals surface area contributed by atoms with Gasteiger partial charge in [0.1, 0.15) is 0 Å². The van der Waals surface area contributed by atoms with Gasteiger partial charge in [0, 0.05) is 20.2 Å². The predicted molar refractivity (Wildman–Crippen MR) is 65.5 cm³/mol. The number of nitrogens with zero attached hydrogens (tertiary/aromatic N) is 1. The number of methoxy groups -OCH3 is 1. The Labute approximate surface area is 99.1 Å². The van der Waals surface area contributed by atoms with Crippen LogP contribution in [0.25, 0.3) is 0 Å². The molecule has 16 heavy (non-hydrogen) atoms. The lowest BCUT2D eigenvalue weighted by Crippen LogP contribution is -2.43. The summed E-state index contributed by atoms with van der Waals surface area (Å²) in [6.07, 6.45) is 1.23. The van der Waals surface area contributed by atoms with E-state index >= 15 is 0 Å². The molecule has 0 spiro atoms. The molecule has 96 valence electrons. The van der Waals surface area contributed by atoms with Crippen molar-refractivity contribution in [3.05, 3.63) is 0 Å². The second-order valence-electron chi connectivity index (χ2n) is 4.67. The lowest BCUT2D eigenvalue weighted by Gasteiger charge is -2.36. The van der Waals surface area contributed by atoms with Gasteiger partial charge in [-0.25, -0.2) is 0 Å². The van der Waals surface area contributed by atoms with E-state index in [2.05, 4.69) is 11.8 Å². The van der Waals surface area contributed by atoms with E-state index in [4.69, 9.17) is 15.2 Å². The molecule has 0 aromatic rings. The van der Waals surface area contributed by atoms with Crippen LogP contribution in [0, 0.1) is 11.8 Å². The van der Waals surface area contributed by atoms with Crippen LogP contribution < -0.4 is 5.73 Å². The average Bonchev–Trinajstić information content (AvgIpc) is 2.29. The van der Waals surface area contributed by atoms with Crippen LogP contribution in [-0.2, 0) is 9.47 Å². The molecule has 0 aliphatic carbocycles. The summed E-state index contributed by atoms with van der Waals surface area (Å²) in [5.41, 5.74) is 5.74. The largest absolute Gasteiger partial charge is 0.382 e. The van der Waals surface area contributed by atoms with Crippen molar-refractivity contribution >= 4 is 0 Å². The van der Waals surface area contributed by atoms with Crippen LogP contribution in [0.5, 0.6) is 0 Å². The Morgan fingerprint density at radius 3 is 2.75 bits per heavy atom. The van der Waals surface area contributed by atoms with Crippen LogP contribution in [0.4, 0.5) is 0 Å². The summed E-state index contributed by atoms with van der Waals surface area (Å²) in [5.74, 6) is 1.43. The summed E-state index contributed by atoms with van der Waals surface area (Å²) in [6, 6.07) is 0. The molecule has 0 saturated carbocycles. The first kappa shape index (κ1) is 13.9. The molecule has 4 heteroatoms. The first-order valence-corrected chi connectivity index (χ1v) is 6.27. The zero-order valence-corrected chi connectivity index (χ0v) is 10.7. The normalized spacial score (nSPS) is 27.2. The fourth-order valence-electron chi connectivity index (χ4n) is 2.27. The van der Waals surface area contributed by atoms with Gasteiger partial charge >= 0.3 is 0 Å². The van der Waals surface area contributed by atoms with Gasteiger partial charge in [0.2, 0.25) is 0 Å². The molecule has 1 fully saturated rings. The maximum Gasteiger partial charge on any atom is 0.0700 e. The van der Waals surface area contributed by atoms with E-state index in [-0.39, 0.29) is 0 Å². The Balaban J connectivity index is 2.06. The summed E-state index contributed by atoms with van der Waals surface area (Å²) < 4.78 is 10.4. The molecule has 0 radical (unpaired) electrons. The van der Waals surface area contributed by atoms with Crippen LogP contribution in [0.1, 0.15) is 13.3 Å². The lowest BCUT2D eigenvalue weighted by molar-refractivity contribution is 0.0440. The van der Waals surface area contributed by atoms with Crippen molar-refractivity contribution in [1.29, 1.82) is 0 Å². The Bertz CT molecular complexity index is 178. The first-order valence-electron chi connectivity index (χ1n) is 6.27. The minimum absolute atomic E-state index is 0.686. The van der Waals surface area contributed by atoms with Gasteiger partial charge in [0.15, 0.2) is 0 Å². The fourth-order valence-corrected chi connectivity index (χ4v) is 2.27. The summed E-state index contributed by atoms with van der Waals surface area (Å²) >= 11 is 0. The van der Waals surface area contributed by atoms with E-state index in [0.717, 1.165) is 32.2 Å². The van der Waals surface area contributed by atoms with E-state index in [0.29, 0.717) is 19.1 Å². The van der Waals surface area contributed by atoms with E-state index in [1.165, 1.54) is 13.0 Å². The van der Waals surface area contributed by atoms with Crippen molar-refractivity contribution < 1.29 is 9.47 Å². The minimum Gasteiger partial charge on any atom is -0.382 e. The smallest absolute Gasteiger partial charge is 0.0700 e. The van der Waals surface area contributed by atoms with Crippen LogP contribution in [0.3, 0.4) is 0 Å². The molecule has 1 heterocycles. The number of rotatable bonds is 7. The molecule has 4 nitrogen and oxygen atoms in total. The van der Waals surface area contributed by atoms with Crippen molar-refractivity contribution in [1.82, 2.24) is 4.90 Å². The molecule has 1 aliphatic heterocycles. The maximum atomic E-state index is 5.74. The van der Waals surface area contributed by atoms with Crippen molar-refractivity contribution in [2.45, 2.75) is 13.3 Å². The molecule has 1 aliphatic rings. The van der Waals surface area contributed by atoms with E-state index in [1.807, 2.05) is 0 Å². The second kappa shape index (κ2) is 8.01. The second-order valence-corrected chi connectivity index (χ2v) is 4.67.